The lowest BCUT2D eigenvalue weighted by atomic mass is 9.90. The number of anilines is 2. The molecule has 1 atom stereocenters. The summed E-state index contributed by atoms with van der Waals surface area (Å²) in [6, 6.07) is 14.6. The number of benzene rings is 2. The molecule has 1 saturated heterocycles. The van der Waals surface area contributed by atoms with Gasteiger partial charge in [-0.05, 0) is 76.0 Å². The van der Waals surface area contributed by atoms with Crippen LogP contribution < -0.4 is 15.4 Å². The third-order valence-corrected chi connectivity index (χ3v) is 8.82. The Morgan fingerprint density at radius 2 is 1.87 bits per heavy atom. The molecule has 2 heterocycles. The molecule has 2 aliphatic rings. The van der Waals surface area contributed by atoms with E-state index in [2.05, 4.69) is 70.3 Å². The molecule has 2 N–H and O–H groups in total. The monoisotopic (exact) mass is 550 g/mol. The molecule has 1 unspecified atom stereocenters. The van der Waals surface area contributed by atoms with E-state index in [0.29, 0.717) is 30.1 Å². The molecule has 9 heteroatoms. The van der Waals surface area contributed by atoms with Crippen LogP contribution >= 0.6 is 0 Å². The second kappa shape index (κ2) is 11.5. The van der Waals surface area contributed by atoms with Gasteiger partial charge in [0.2, 0.25) is 0 Å². The molecule has 1 aliphatic heterocycles. The first kappa shape index (κ1) is 27.4. The molecule has 1 aromatic heterocycles. The lowest BCUT2D eigenvalue weighted by Gasteiger charge is -2.33. The molecule has 0 spiro atoms. The van der Waals surface area contributed by atoms with Gasteiger partial charge in [0, 0.05) is 35.5 Å². The molecular formula is C30H38N4O4S. The van der Waals surface area contributed by atoms with Gasteiger partial charge < -0.3 is 29.6 Å². The van der Waals surface area contributed by atoms with Crippen LogP contribution in [0, 0.1) is 11.8 Å². The number of rotatable bonds is 9. The molecule has 5 rings (SSSR count). The predicted molar refractivity (Wildman–Crippen MR) is 157 cm³/mol. The summed E-state index contributed by atoms with van der Waals surface area (Å²) in [6.45, 7) is 1.94. The number of nitrogens with zero attached hydrogens (tertiary/aromatic N) is 2. The highest BCUT2D eigenvalue weighted by Gasteiger charge is 2.26. The Morgan fingerprint density at radius 1 is 1.10 bits per heavy atom. The Labute approximate surface area is 231 Å². The largest absolute Gasteiger partial charge is 0.495 e. The molecule has 0 bridgehead atoms. The third-order valence-electron chi connectivity index (χ3n) is 7.71. The van der Waals surface area contributed by atoms with Gasteiger partial charge in [0.25, 0.3) is 0 Å². The minimum Gasteiger partial charge on any atom is -0.495 e. The Kier molecular flexibility index (Phi) is 8.08. The van der Waals surface area contributed by atoms with E-state index in [1.165, 1.54) is 50.5 Å². The number of hydrogen-bond acceptors (Lipinski definition) is 7. The molecule has 1 aliphatic carbocycles. The number of hydrogen-bond donors (Lipinski definition) is 2. The van der Waals surface area contributed by atoms with Crippen molar-refractivity contribution in [1.82, 2.24) is 9.47 Å². The Balaban J connectivity index is 1.34. The summed E-state index contributed by atoms with van der Waals surface area (Å²) in [7, 11) is 2.56. The normalized spacial score (nSPS) is 20.9. The van der Waals surface area contributed by atoms with Crippen LogP contribution in [0.25, 0.3) is 10.9 Å². The van der Waals surface area contributed by atoms with E-state index < -0.39 is 9.84 Å². The average Bonchev–Trinajstić information content (AvgIpc) is 3.67. The number of ether oxygens (including phenoxy) is 2. The summed E-state index contributed by atoms with van der Waals surface area (Å²) in [5.41, 5.74) is 3.97. The van der Waals surface area contributed by atoms with Crippen molar-refractivity contribution in [2.24, 2.45) is 0 Å². The van der Waals surface area contributed by atoms with Gasteiger partial charge in [0.05, 0.1) is 54.7 Å². The second-order valence-corrected chi connectivity index (χ2v) is 12.8. The van der Waals surface area contributed by atoms with Crippen molar-refractivity contribution in [2.75, 3.05) is 51.2 Å². The fourth-order valence-electron chi connectivity index (χ4n) is 5.37. The summed E-state index contributed by atoms with van der Waals surface area (Å²) >= 11 is 0. The van der Waals surface area contributed by atoms with E-state index in [4.69, 9.17) is 9.47 Å². The van der Waals surface area contributed by atoms with Gasteiger partial charge in [0.1, 0.15) is 5.75 Å². The maximum absolute atomic E-state index is 11.9. The van der Waals surface area contributed by atoms with Crippen LogP contribution in [0.5, 0.6) is 5.75 Å². The SMILES string of the molecule is COc1cc(S(C)(=O)=O)ccc1NCC#Cc1cc2c(NC3CCC(N(C)C)CC3)cccc2n1CC1CO1. The van der Waals surface area contributed by atoms with Crippen molar-refractivity contribution in [2.45, 2.75) is 55.3 Å². The fourth-order valence-corrected chi connectivity index (χ4v) is 6.00. The first-order chi connectivity index (χ1) is 18.7. The minimum absolute atomic E-state index is 0.220. The van der Waals surface area contributed by atoms with Gasteiger partial charge in [-0.15, -0.1) is 0 Å². The second-order valence-electron chi connectivity index (χ2n) is 10.7. The summed E-state index contributed by atoms with van der Waals surface area (Å²) in [6.07, 6.45) is 6.18. The van der Waals surface area contributed by atoms with Crippen molar-refractivity contribution in [3.63, 3.8) is 0 Å². The Morgan fingerprint density at radius 3 is 2.54 bits per heavy atom. The van der Waals surface area contributed by atoms with Crippen LogP contribution in [0.2, 0.25) is 0 Å². The molecular weight excluding hydrogens is 512 g/mol. The number of aromatic nitrogens is 1. The zero-order chi connectivity index (χ0) is 27.6. The lowest BCUT2D eigenvalue weighted by Crippen LogP contribution is -2.36. The van der Waals surface area contributed by atoms with Crippen LogP contribution in [0.3, 0.4) is 0 Å². The van der Waals surface area contributed by atoms with Crippen molar-refractivity contribution in [1.29, 1.82) is 0 Å². The van der Waals surface area contributed by atoms with Crippen molar-refractivity contribution in [3.8, 4) is 17.6 Å². The molecule has 2 fully saturated rings. The van der Waals surface area contributed by atoms with Crippen molar-refractivity contribution >= 4 is 32.1 Å². The number of nitrogens with one attached hydrogen (secondary N) is 2. The van der Waals surface area contributed by atoms with Crippen LogP contribution in [0.4, 0.5) is 11.4 Å². The van der Waals surface area contributed by atoms with E-state index in [1.807, 2.05) is 0 Å². The minimum atomic E-state index is -3.31. The Bertz CT molecular complexity index is 1490. The van der Waals surface area contributed by atoms with E-state index >= 15 is 0 Å². The van der Waals surface area contributed by atoms with E-state index in [-0.39, 0.29) is 11.0 Å². The number of fused-ring (bicyclic) bond motifs is 1. The lowest BCUT2D eigenvalue weighted by molar-refractivity contribution is 0.221. The average molecular weight is 551 g/mol. The van der Waals surface area contributed by atoms with Crippen LogP contribution in [0.15, 0.2) is 47.4 Å². The molecule has 8 nitrogen and oxygen atoms in total. The van der Waals surface area contributed by atoms with Gasteiger partial charge in [-0.1, -0.05) is 12.0 Å². The van der Waals surface area contributed by atoms with Gasteiger partial charge in [0.15, 0.2) is 9.84 Å². The maximum atomic E-state index is 11.9. The summed E-state index contributed by atoms with van der Waals surface area (Å²) < 4.78 is 37.0. The highest BCUT2D eigenvalue weighted by atomic mass is 32.2. The van der Waals surface area contributed by atoms with Crippen LogP contribution in [0.1, 0.15) is 31.4 Å². The van der Waals surface area contributed by atoms with Crippen LogP contribution in [-0.2, 0) is 21.1 Å². The van der Waals surface area contributed by atoms with Gasteiger partial charge >= 0.3 is 0 Å². The van der Waals surface area contributed by atoms with Crippen LogP contribution in [-0.4, -0.2) is 76.7 Å². The molecule has 3 aromatic rings. The van der Waals surface area contributed by atoms with E-state index in [0.717, 1.165) is 30.0 Å². The zero-order valence-corrected chi connectivity index (χ0v) is 24.0. The number of methoxy groups -OCH3 is 1. The Hall–Kier alpha value is -3.19. The maximum Gasteiger partial charge on any atom is 0.175 e. The molecule has 0 amide bonds. The van der Waals surface area contributed by atoms with Gasteiger partial charge in [-0.25, -0.2) is 8.42 Å². The predicted octanol–water partition coefficient (Wildman–Crippen LogP) is 4.20. The first-order valence-corrected chi connectivity index (χ1v) is 15.4. The molecule has 0 radical (unpaired) electrons. The molecule has 208 valence electrons. The highest BCUT2D eigenvalue weighted by molar-refractivity contribution is 7.90. The van der Waals surface area contributed by atoms with Gasteiger partial charge in [-0.2, -0.15) is 0 Å². The standard InChI is InChI=1S/C30H38N4O4S/c1-33(2)22-12-10-21(11-13-22)32-27-8-5-9-29-26(27)17-23(34(29)19-24-20-38-24)7-6-16-31-28-15-14-25(39(4,35)36)18-30(28)37-3/h5,8-9,14-15,17-18,21-22,24,31-32H,10-13,16,19-20H2,1-4H3. The molecule has 1 saturated carbocycles. The summed E-state index contributed by atoms with van der Waals surface area (Å²) in [5, 5.41) is 8.27. The first-order valence-electron chi connectivity index (χ1n) is 13.5. The smallest absolute Gasteiger partial charge is 0.175 e. The molecule has 39 heavy (non-hydrogen) atoms. The van der Waals surface area contributed by atoms with Gasteiger partial charge in [-0.3, -0.25) is 0 Å². The number of epoxide rings is 1. The quantitative estimate of drug-likeness (QED) is 0.305. The fraction of sp³-hybridized carbons (Fsp3) is 0.467. The van der Waals surface area contributed by atoms with E-state index in [9.17, 15) is 8.42 Å². The topological polar surface area (TPSA) is 88.1 Å². The third kappa shape index (κ3) is 6.52. The zero-order valence-electron chi connectivity index (χ0n) is 23.2. The summed E-state index contributed by atoms with van der Waals surface area (Å²) in [4.78, 5) is 2.57. The van der Waals surface area contributed by atoms with E-state index in [1.54, 1.807) is 12.1 Å². The number of sulfone groups is 1. The summed E-state index contributed by atoms with van der Waals surface area (Å²) in [5.74, 6) is 7.06. The van der Waals surface area contributed by atoms with Crippen molar-refractivity contribution in [3.05, 3.63) is 48.2 Å². The highest BCUT2D eigenvalue weighted by Crippen LogP contribution is 2.32. The molecule has 2 aromatic carbocycles. The van der Waals surface area contributed by atoms with Crippen molar-refractivity contribution < 1.29 is 17.9 Å².